The van der Waals surface area contributed by atoms with Crippen molar-refractivity contribution in [1.29, 1.82) is 0 Å². The number of hydrogen-bond acceptors (Lipinski definition) is 2. The molecular formula is C13H14F3NO3. The molecule has 1 atom stereocenters. The summed E-state index contributed by atoms with van der Waals surface area (Å²) in [5.74, 6) is -2.32. The van der Waals surface area contributed by atoms with Crippen molar-refractivity contribution in [3.63, 3.8) is 0 Å². The normalized spacial score (nSPS) is 12.8. The van der Waals surface area contributed by atoms with Crippen LogP contribution in [0.3, 0.4) is 0 Å². The Morgan fingerprint density at radius 3 is 2.15 bits per heavy atom. The van der Waals surface area contributed by atoms with Gasteiger partial charge in [-0.15, -0.1) is 0 Å². The molecule has 0 fully saturated rings. The smallest absolute Gasteiger partial charge is 0.416 e. The molecule has 0 aromatic heterocycles. The molecule has 20 heavy (non-hydrogen) atoms. The lowest BCUT2D eigenvalue weighted by atomic mass is 10.1. The summed E-state index contributed by atoms with van der Waals surface area (Å²) in [6.07, 6.45) is -4.45. The molecule has 0 aliphatic rings. The molecule has 1 unspecified atom stereocenters. The van der Waals surface area contributed by atoms with Gasteiger partial charge in [0, 0.05) is 19.2 Å². The highest BCUT2D eigenvalue weighted by molar-refractivity contribution is 5.94. The zero-order valence-corrected chi connectivity index (χ0v) is 10.9. The van der Waals surface area contributed by atoms with Gasteiger partial charge < -0.3 is 10.0 Å². The summed E-state index contributed by atoms with van der Waals surface area (Å²) in [5.41, 5.74) is -0.756. The van der Waals surface area contributed by atoms with Crippen LogP contribution in [0.2, 0.25) is 0 Å². The number of benzene rings is 1. The monoisotopic (exact) mass is 289 g/mol. The molecule has 0 bridgehead atoms. The highest BCUT2D eigenvalue weighted by Crippen LogP contribution is 2.29. The van der Waals surface area contributed by atoms with Gasteiger partial charge in [-0.2, -0.15) is 13.2 Å². The number of halogens is 3. The van der Waals surface area contributed by atoms with Gasteiger partial charge in [0.1, 0.15) is 0 Å². The van der Waals surface area contributed by atoms with Gasteiger partial charge in [-0.25, -0.2) is 0 Å². The van der Waals surface area contributed by atoms with Crippen molar-refractivity contribution in [3.8, 4) is 0 Å². The van der Waals surface area contributed by atoms with Crippen molar-refractivity contribution in [2.24, 2.45) is 5.92 Å². The summed E-state index contributed by atoms with van der Waals surface area (Å²) in [5, 5.41) is 8.75. The zero-order valence-electron chi connectivity index (χ0n) is 10.9. The van der Waals surface area contributed by atoms with E-state index in [0.717, 1.165) is 24.3 Å². The highest BCUT2D eigenvalue weighted by atomic mass is 19.4. The number of alkyl halides is 3. The van der Waals surface area contributed by atoms with Crippen molar-refractivity contribution >= 4 is 11.9 Å². The van der Waals surface area contributed by atoms with Crippen LogP contribution in [0.1, 0.15) is 22.8 Å². The fraction of sp³-hybridized carbons (Fsp3) is 0.385. The Hall–Kier alpha value is -2.05. The van der Waals surface area contributed by atoms with Crippen molar-refractivity contribution in [3.05, 3.63) is 35.4 Å². The van der Waals surface area contributed by atoms with Crippen LogP contribution in [0.4, 0.5) is 13.2 Å². The van der Waals surface area contributed by atoms with E-state index in [-0.39, 0.29) is 12.1 Å². The summed E-state index contributed by atoms with van der Waals surface area (Å²) in [6.45, 7) is 1.42. The third-order valence-corrected chi connectivity index (χ3v) is 2.78. The Balaban J connectivity index is 2.80. The van der Waals surface area contributed by atoms with E-state index in [9.17, 15) is 22.8 Å². The fourth-order valence-electron chi connectivity index (χ4n) is 1.59. The SMILES string of the molecule is CC(CN(C)C(=O)c1ccc(C(F)(F)F)cc1)C(=O)O. The zero-order chi connectivity index (χ0) is 15.5. The minimum Gasteiger partial charge on any atom is -0.481 e. The average molecular weight is 289 g/mol. The predicted molar refractivity (Wildman–Crippen MR) is 65.2 cm³/mol. The number of amides is 1. The van der Waals surface area contributed by atoms with E-state index in [0.29, 0.717) is 0 Å². The lowest BCUT2D eigenvalue weighted by Crippen LogP contribution is -2.33. The summed E-state index contributed by atoms with van der Waals surface area (Å²) in [6, 6.07) is 3.80. The van der Waals surface area contributed by atoms with Crippen LogP contribution in [0.25, 0.3) is 0 Å². The molecule has 1 amide bonds. The van der Waals surface area contributed by atoms with Crippen LogP contribution in [0.15, 0.2) is 24.3 Å². The quantitative estimate of drug-likeness (QED) is 0.926. The predicted octanol–water partition coefficient (Wildman–Crippen LogP) is 2.50. The number of carbonyl (C=O) groups excluding carboxylic acids is 1. The van der Waals surface area contributed by atoms with E-state index in [2.05, 4.69) is 0 Å². The van der Waals surface area contributed by atoms with Crippen LogP contribution >= 0.6 is 0 Å². The Morgan fingerprint density at radius 1 is 1.25 bits per heavy atom. The summed E-state index contributed by atoms with van der Waals surface area (Å²) < 4.78 is 37.1. The van der Waals surface area contributed by atoms with Crippen LogP contribution in [0.5, 0.6) is 0 Å². The van der Waals surface area contributed by atoms with Crippen molar-refractivity contribution < 1.29 is 27.9 Å². The first-order valence-electron chi connectivity index (χ1n) is 5.78. The molecule has 0 aliphatic carbocycles. The van der Waals surface area contributed by atoms with Crippen molar-refractivity contribution in [1.82, 2.24) is 4.90 Å². The molecule has 0 radical (unpaired) electrons. The summed E-state index contributed by atoms with van der Waals surface area (Å²) >= 11 is 0. The van der Waals surface area contributed by atoms with Gasteiger partial charge in [-0.1, -0.05) is 6.92 Å². The largest absolute Gasteiger partial charge is 0.481 e. The molecule has 110 valence electrons. The first kappa shape index (κ1) is 16.0. The molecule has 0 saturated heterocycles. The number of carbonyl (C=O) groups is 2. The second-order valence-electron chi connectivity index (χ2n) is 4.50. The van der Waals surface area contributed by atoms with Crippen LogP contribution in [0, 0.1) is 5.92 Å². The maximum absolute atomic E-state index is 12.4. The molecule has 0 saturated carbocycles. The minimum absolute atomic E-state index is 0.0187. The number of nitrogens with zero attached hydrogens (tertiary/aromatic N) is 1. The van der Waals surface area contributed by atoms with Gasteiger partial charge in [-0.3, -0.25) is 9.59 Å². The van der Waals surface area contributed by atoms with Crippen LogP contribution in [-0.4, -0.2) is 35.5 Å². The van der Waals surface area contributed by atoms with Gasteiger partial charge in [0.05, 0.1) is 11.5 Å². The molecule has 1 aromatic rings. The van der Waals surface area contributed by atoms with E-state index in [1.54, 1.807) is 0 Å². The lowest BCUT2D eigenvalue weighted by Gasteiger charge is -2.19. The minimum atomic E-state index is -4.45. The number of hydrogen-bond donors (Lipinski definition) is 1. The molecule has 1 rings (SSSR count). The number of carboxylic acid groups (broad SMARTS) is 1. The highest BCUT2D eigenvalue weighted by Gasteiger charge is 2.30. The molecule has 0 spiro atoms. The average Bonchev–Trinajstić information content (AvgIpc) is 2.36. The first-order chi connectivity index (χ1) is 9.12. The lowest BCUT2D eigenvalue weighted by molar-refractivity contribution is -0.141. The fourth-order valence-corrected chi connectivity index (χ4v) is 1.59. The maximum atomic E-state index is 12.4. The van der Waals surface area contributed by atoms with Gasteiger partial charge in [0.15, 0.2) is 0 Å². The van der Waals surface area contributed by atoms with Crippen molar-refractivity contribution in [2.75, 3.05) is 13.6 Å². The number of aliphatic carboxylic acids is 1. The standard InChI is InChI=1S/C13H14F3NO3/c1-8(12(19)20)7-17(2)11(18)9-3-5-10(6-4-9)13(14,15)16/h3-6,8H,7H2,1-2H3,(H,19,20). The second kappa shape index (κ2) is 5.94. The Bertz CT molecular complexity index is 497. The van der Waals surface area contributed by atoms with Crippen molar-refractivity contribution in [2.45, 2.75) is 13.1 Å². The second-order valence-corrected chi connectivity index (χ2v) is 4.50. The van der Waals surface area contributed by atoms with Crippen LogP contribution < -0.4 is 0 Å². The van der Waals surface area contributed by atoms with Crippen LogP contribution in [-0.2, 0) is 11.0 Å². The molecule has 0 heterocycles. The Kier molecular flexibility index (Phi) is 4.75. The van der Waals surface area contributed by atoms with Gasteiger partial charge >= 0.3 is 12.1 Å². The number of carboxylic acids is 1. The van der Waals surface area contributed by atoms with E-state index < -0.39 is 29.5 Å². The first-order valence-corrected chi connectivity index (χ1v) is 5.78. The Labute approximate surface area is 113 Å². The van der Waals surface area contributed by atoms with E-state index in [4.69, 9.17) is 5.11 Å². The Morgan fingerprint density at radius 2 is 1.75 bits per heavy atom. The molecule has 7 heteroatoms. The molecule has 1 N–H and O–H groups in total. The summed E-state index contributed by atoms with van der Waals surface area (Å²) in [4.78, 5) is 23.8. The topological polar surface area (TPSA) is 57.6 Å². The van der Waals surface area contributed by atoms with Gasteiger partial charge in [0.2, 0.25) is 0 Å². The number of rotatable bonds is 4. The van der Waals surface area contributed by atoms with E-state index >= 15 is 0 Å². The molecular weight excluding hydrogens is 275 g/mol. The molecule has 0 aliphatic heterocycles. The van der Waals surface area contributed by atoms with Gasteiger partial charge in [0.25, 0.3) is 5.91 Å². The summed E-state index contributed by atoms with van der Waals surface area (Å²) in [7, 11) is 1.40. The van der Waals surface area contributed by atoms with E-state index in [1.165, 1.54) is 18.9 Å². The van der Waals surface area contributed by atoms with E-state index in [1.807, 2.05) is 0 Å². The third kappa shape index (κ3) is 3.97. The maximum Gasteiger partial charge on any atom is 0.416 e. The van der Waals surface area contributed by atoms with Gasteiger partial charge in [-0.05, 0) is 24.3 Å². The molecule has 1 aromatic carbocycles. The third-order valence-electron chi connectivity index (χ3n) is 2.78. The molecule has 4 nitrogen and oxygen atoms in total.